The number of fused-ring (bicyclic) bond motifs is 1. The molecule has 3 N–H and O–H groups in total. The van der Waals surface area contributed by atoms with E-state index in [0.29, 0.717) is 17.0 Å². The Hall–Kier alpha value is -3.10. The van der Waals surface area contributed by atoms with Crippen molar-refractivity contribution in [3.8, 4) is 0 Å². The highest BCUT2D eigenvalue weighted by molar-refractivity contribution is 7.99. The molecule has 32 heavy (non-hydrogen) atoms. The Morgan fingerprint density at radius 3 is 2.44 bits per heavy atom. The Labute approximate surface area is 194 Å². The monoisotopic (exact) mass is 464 g/mol. The first-order valence-electron chi connectivity index (χ1n) is 10.2. The summed E-state index contributed by atoms with van der Waals surface area (Å²) in [6, 6.07) is 17.5. The van der Waals surface area contributed by atoms with E-state index in [1.54, 1.807) is 0 Å². The maximum absolute atomic E-state index is 12.6. The van der Waals surface area contributed by atoms with Gasteiger partial charge in [0.15, 0.2) is 0 Å². The van der Waals surface area contributed by atoms with Crippen molar-refractivity contribution in [1.82, 2.24) is 9.97 Å². The number of thiophene rings is 1. The van der Waals surface area contributed by atoms with Gasteiger partial charge in [0.1, 0.15) is 10.7 Å². The molecule has 0 radical (unpaired) electrons. The lowest BCUT2D eigenvalue weighted by Crippen LogP contribution is -2.23. The number of H-pyrrole nitrogens is 1. The molecule has 0 aliphatic heterocycles. The SMILES string of the molecule is Cc1sc2nc(CSC(C)C(=O)Nc3ccc(Nc4ccccc4)cc3)[nH]c(=O)c2c1C. The molecule has 0 saturated carbocycles. The van der Waals surface area contributed by atoms with Crippen molar-refractivity contribution in [1.29, 1.82) is 0 Å². The molecule has 164 valence electrons. The van der Waals surface area contributed by atoms with Gasteiger partial charge in [0.2, 0.25) is 5.91 Å². The molecular weight excluding hydrogens is 440 g/mol. The summed E-state index contributed by atoms with van der Waals surface area (Å²) < 4.78 is 0. The van der Waals surface area contributed by atoms with Crippen molar-refractivity contribution < 1.29 is 4.79 Å². The second kappa shape index (κ2) is 9.58. The molecule has 4 aromatic rings. The fourth-order valence-corrected chi connectivity index (χ4v) is 5.02. The summed E-state index contributed by atoms with van der Waals surface area (Å²) in [5.74, 6) is 0.949. The Morgan fingerprint density at radius 2 is 1.72 bits per heavy atom. The molecule has 4 rings (SSSR count). The first-order chi connectivity index (χ1) is 15.4. The molecular formula is C24H24N4O2S2. The number of carbonyl (C=O) groups is 1. The number of hydrogen-bond donors (Lipinski definition) is 3. The van der Waals surface area contributed by atoms with Crippen molar-refractivity contribution in [3.05, 3.63) is 81.2 Å². The van der Waals surface area contributed by atoms with Crippen molar-refractivity contribution in [2.24, 2.45) is 0 Å². The molecule has 0 spiro atoms. The summed E-state index contributed by atoms with van der Waals surface area (Å²) in [7, 11) is 0. The maximum Gasteiger partial charge on any atom is 0.259 e. The predicted octanol–water partition coefficient (Wildman–Crippen LogP) is 5.61. The minimum atomic E-state index is -0.301. The van der Waals surface area contributed by atoms with Crippen molar-refractivity contribution in [2.75, 3.05) is 10.6 Å². The molecule has 1 amide bonds. The highest BCUT2D eigenvalue weighted by atomic mass is 32.2. The number of aryl methyl sites for hydroxylation is 2. The number of para-hydroxylation sites is 1. The first-order valence-corrected chi connectivity index (χ1v) is 12.1. The number of benzene rings is 2. The number of thioether (sulfide) groups is 1. The van der Waals surface area contributed by atoms with Crippen LogP contribution >= 0.6 is 23.1 Å². The van der Waals surface area contributed by atoms with Crippen LogP contribution in [0.1, 0.15) is 23.2 Å². The Kier molecular flexibility index (Phi) is 6.62. The smallest absolute Gasteiger partial charge is 0.259 e. The van der Waals surface area contributed by atoms with Crippen molar-refractivity contribution in [2.45, 2.75) is 31.8 Å². The third-order valence-electron chi connectivity index (χ3n) is 5.14. The second-order valence-electron chi connectivity index (χ2n) is 7.49. The van der Waals surface area contributed by atoms with Crippen LogP contribution in [0.15, 0.2) is 59.4 Å². The van der Waals surface area contributed by atoms with Crippen molar-refractivity contribution in [3.63, 3.8) is 0 Å². The van der Waals surface area contributed by atoms with Crippen LogP contribution in [0, 0.1) is 13.8 Å². The largest absolute Gasteiger partial charge is 0.356 e. The molecule has 0 aliphatic rings. The summed E-state index contributed by atoms with van der Waals surface area (Å²) in [6.07, 6.45) is 0. The summed E-state index contributed by atoms with van der Waals surface area (Å²) in [6.45, 7) is 5.78. The molecule has 0 saturated heterocycles. The fraction of sp³-hybridized carbons (Fsp3) is 0.208. The zero-order valence-corrected chi connectivity index (χ0v) is 19.7. The van der Waals surface area contributed by atoms with Crippen LogP contribution in [0.3, 0.4) is 0 Å². The van der Waals surface area contributed by atoms with Gasteiger partial charge in [-0.3, -0.25) is 9.59 Å². The zero-order chi connectivity index (χ0) is 22.7. The number of amides is 1. The van der Waals surface area contributed by atoms with Gasteiger partial charge in [0.25, 0.3) is 5.56 Å². The minimum Gasteiger partial charge on any atom is -0.356 e. The highest BCUT2D eigenvalue weighted by Gasteiger charge is 2.16. The summed E-state index contributed by atoms with van der Waals surface area (Å²) in [5, 5.41) is 6.62. The Balaban J connectivity index is 1.34. The van der Waals surface area contributed by atoms with E-state index in [9.17, 15) is 9.59 Å². The lowest BCUT2D eigenvalue weighted by Gasteiger charge is -2.13. The number of aromatic nitrogens is 2. The molecule has 1 unspecified atom stereocenters. The van der Waals surface area contributed by atoms with Gasteiger partial charge in [-0.05, 0) is 62.7 Å². The summed E-state index contributed by atoms with van der Waals surface area (Å²) in [5.41, 5.74) is 3.55. The lowest BCUT2D eigenvalue weighted by atomic mass is 10.2. The third kappa shape index (κ3) is 5.03. The molecule has 2 aromatic carbocycles. The molecule has 2 aromatic heterocycles. The van der Waals surface area contributed by atoms with E-state index in [1.165, 1.54) is 23.1 Å². The minimum absolute atomic E-state index is 0.0926. The molecule has 2 heterocycles. The molecule has 0 fully saturated rings. The average Bonchev–Trinajstić information content (AvgIpc) is 3.07. The van der Waals surface area contributed by atoms with Gasteiger partial charge in [-0.1, -0.05) is 18.2 Å². The number of rotatable bonds is 7. The lowest BCUT2D eigenvalue weighted by molar-refractivity contribution is -0.115. The molecule has 1 atom stereocenters. The van der Waals surface area contributed by atoms with Crippen LogP contribution in [0.2, 0.25) is 0 Å². The van der Waals surface area contributed by atoms with Gasteiger partial charge in [0, 0.05) is 21.9 Å². The van der Waals surface area contributed by atoms with E-state index >= 15 is 0 Å². The predicted molar refractivity (Wildman–Crippen MR) is 135 cm³/mol. The normalized spacial score (nSPS) is 12.0. The van der Waals surface area contributed by atoms with Crippen molar-refractivity contribution >= 4 is 56.3 Å². The van der Waals surface area contributed by atoms with Crippen LogP contribution in [-0.2, 0) is 10.5 Å². The number of nitrogens with one attached hydrogen (secondary N) is 3. The third-order valence-corrected chi connectivity index (χ3v) is 7.40. The average molecular weight is 465 g/mol. The first kappa shape index (κ1) is 22.1. The van der Waals surface area contributed by atoms with Crippen LogP contribution < -0.4 is 16.2 Å². The number of anilines is 3. The molecule has 0 aliphatic carbocycles. The maximum atomic E-state index is 12.6. The topological polar surface area (TPSA) is 86.9 Å². The summed E-state index contributed by atoms with van der Waals surface area (Å²) in [4.78, 5) is 34.3. The van der Waals surface area contributed by atoms with E-state index in [1.807, 2.05) is 75.4 Å². The standard InChI is InChI=1S/C24H24N4O2S2/c1-14-15(2)32-24-21(14)23(30)27-20(28-24)13-31-16(3)22(29)26-19-11-9-18(10-12-19)25-17-7-5-4-6-8-17/h4-12,16,25H,13H2,1-3H3,(H,26,29)(H,27,28,30). The van der Waals surface area contributed by atoms with E-state index in [4.69, 9.17) is 0 Å². The number of aromatic amines is 1. The zero-order valence-electron chi connectivity index (χ0n) is 18.1. The highest BCUT2D eigenvalue weighted by Crippen LogP contribution is 2.27. The van der Waals surface area contributed by atoms with E-state index in [-0.39, 0.29) is 16.7 Å². The van der Waals surface area contributed by atoms with Crippen LogP contribution in [0.5, 0.6) is 0 Å². The number of carbonyl (C=O) groups excluding carboxylic acids is 1. The van der Waals surface area contributed by atoms with Crippen LogP contribution in [0.25, 0.3) is 10.2 Å². The molecule has 6 nitrogen and oxygen atoms in total. The van der Waals surface area contributed by atoms with Crippen LogP contribution in [0.4, 0.5) is 17.1 Å². The van der Waals surface area contributed by atoms with Gasteiger partial charge in [-0.25, -0.2) is 4.98 Å². The van der Waals surface area contributed by atoms with E-state index < -0.39 is 0 Å². The van der Waals surface area contributed by atoms with Gasteiger partial charge in [-0.15, -0.1) is 23.1 Å². The van der Waals surface area contributed by atoms with Gasteiger partial charge < -0.3 is 15.6 Å². The molecule has 0 bridgehead atoms. The van der Waals surface area contributed by atoms with E-state index in [0.717, 1.165) is 32.3 Å². The van der Waals surface area contributed by atoms with Gasteiger partial charge in [0.05, 0.1) is 16.4 Å². The van der Waals surface area contributed by atoms with Gasteiger partial charge >= 0.3 is 0 Å². The molecule has 8 heteroatoms. The van der Waals surface area contributed by atoms with Crippen LogP contribution in [-0.4, -0.2) is 21.1 Å². The quantitative estimate of drug-likeness (QED) is 0.331. The Morgan fingerprint density at radius 1 is 1.06 bits per heavy atom. The van der Waals surface area contributed by atoms with Gasteiger partial charge in [-0.2, -0.15) is 0 Å². The number of hydrogen-bond acceptors (Lipinski definition) is 6. The number of nitrogens with zero attached hydrogens (tertiary/aromatic N) is 1. The summed E-state index contributed by atoms with van der Waals surface area (Å²) >= 11 is 2.96. The fourth-order valence-electron chi connectivity index (χ4n) is 3.22. The van der Waals surface area contributed by atoms with E-state index in [2.05, 4.69) is 20.6 Å². The second-order valence-corrected chi connectivity index (χ2v) is 10.0. The Bertz CT molecular complexity index is 1300.